The summed E-state index contributed by atoms with van der Waals surface area (Å²) in [4.78, 5) is 11.7. The van der Waals surface area contributed by atoms with E-state index in [0.717, 1.165) is 27.1 Å². The number of rotatable bonds is 5. The second-order valence-corrected chi connectivity index (χ2v) is 7.20. The molecular weight excluding hydrogens is 366 g/mol. The van der Waals surface area contributed by atoms with Crippen LogP contribution in [0.4, 0.5) is 0 Å². The molecule has 5 heteroatoms. The predicted molar refractivity (Wildman–Crippen MR) is 103 cm³/mol. The molecule has 128 valence electrons. The van der Waals surface area contributed by atoms with Crippen molar-refractivity contribution in [2.75, 3.05) is 0 Å². The van der Waals surface area contributed by atoms with Gasteiger partial charge in [-0.3, -0.25) is 4.79 Å². The summed E-state index contributed by atoms with van der Waals surface area (Å²) >= 11 is 3.66. The van der Waals surface area contributed by atoms with Gasteiger partial charge >= 0.3 is 0 Å². The lowest BCUT2D eigenvalue weighted by molar-refractivity contribution is -0.121. The first-order chi connectivity index (χ1) is 11.3. The molecule has 24 heavy (non-hydrogen) atoms. The van der Waals surface area contributed by atoms with Crippen LogP contribution in [0.1, 0.15) is 42.8 Å². The molecule has 1 aromatic heterocycles. The zero-order valence-electron chi connectivity index (χ0n) is 14.9. The van der Waals surface area contributed by atoms with E-state index in [0.29, 0.717) is 12.3 Å². The Kier molecular flexibility index (Phi) is 5.99. The number of nitrogens with one attached hydrogen (secondary N) is 1. The zero-order chi connectivity index (χ0) is 17.9. The van der Waals surface area contributed by atoms with Crippen molar-refractivity contribution >= 4 is 28.1 Å². The van der Waals surface area contributed by atoms with Gasteiger partial charge < -0.3 is 4.57 Å². The Hall–Kier alpha value is -1.88. The van der Waals surface area contributed by atoms with E-state index in [2.05, 4.69) is 63.9 Å². The normalized spacial score (nSPS) is 11.5. The van der Waals surface area contributed by atoms with Crippen molar-refractivity contribution < 1.29 is 4.79 Å². The van der Waals surface area contributed by atoms with Gasteiger partial charge in [-0.15, -0.1) is 0 Å². The lowest BCUT2D eigenvalue weighted by Crippen LogP contribution is -2.19. The second-order valence-electron chi connectivity index (χ2n) is 6.41. The molecule has 4 nitrogen and oxygen atoms in total. The average Bonchev–Trinajstić information content (AvgIpc) is 2.71. The van der Waals surface area contributed by atoms with Crippen molar-refractivity contribution in [2.45, 2.75) is 41.0 Å². The molecule has 0 unspecified atom stereocenters. The molecule has 0 aliphatic heterocycles. The van der Waals surface area contributed by atoms with Crippen molar-refractivity contribution in [1.82, 2.24) is 9.99 Å². The quantitative estimate of drug-likeness (QED) is 0.586. The molecule has 1 N–H and O–H groups in total. The highest BCUT2D eigenvalue weighted by Gasteiger charge is 2.16. The molecule has 1 aromatic carbocycles. The molecule has 2 rings (SSSR count). The summed E-state index contributed by atoms with van der Waals surface area (Å²) in [5.41, 5.74) is 8.12. The number of aromatic nitrogens is 1. The molecule has 0 saturated carbocycles. The summed E-state index contributed by atoms with van der Waals surface area (Å²) < 4.78 is 3.20. The molecule has 1 heterocycles. The standard InChI is InChI=1S/C19H24BrN3O/c1-12(2)10-18(24)22-21-11-16-14(4)23(15(5)19(16)20)17-9-7-6-8-13(17)3/h6-9,11-12H,10H2,1-5H3,(H,22,24)/b21-11-. The molecule has 0 spiro atoms. The number of benzene rings is 1. The summed E-state index contributed by atoms with van der Waals surface area (Å²) in [5.74, 6) is 0.253. The fourth-order valence-corrected chi connectivity index (χ4v) is 3.30. The van der Waals surface area contributed by atoms with Gasteiger partial charge in [0.05, 0.1) is 6.21 Å². The first-order valence-electron chi connectivity index (χ1n) is 8.08. The number of aryl methyl sites for hydroxylation is 1. The zero-order valence-corrected chi connectivity index (χ0v) is 16.4. The number of nitrogens with zero attached hydrogens (tertiary/aromatic N) is 2. The molecule has 0 aliphatic carbocycles. The summed E-state index contributed by atoms with van der Waals surface area (Å²) in [6, 6.07) is 8.28. The minimum absolute atomic E-state index is 0.0647. The van der Waals surface area contributed by atoms with Crippen molar-refractivity contribution in [3.8, 4) is 5.69 Å². The number of para-hydroxylation sites is 1. The monoisotopic (exact) mass is 389 g/mol. The maximum atomic E-state index is 11.7. The van der Waals surface area contributed by atoms with Gasteiger partial charge in [-0.25, -0.2) is 5.43 Å². The Morgan fingerprint density at radius 1 is 1.25 bits per heavy atom. The molecule has 2 aromatic rings. The van der Waals surface area contributed by atoms with E-state index in [-0.39, 0.29) is 5.91 Å². The minimum Gasteiger partial charge on any atom is -0.316 e. The molecule has 0 radical (unpaired) electrons. The van der Waals surface area contributed by atoms with E-state index in [4.69, 9.17) is 0 Å². The van der Waals surface area contributed by atoms with E-state index in [1.165, 1.54) is 5.56 Å². The van der Waals surface area contributed by atoms with E-state index in [1.54, 1.807) is 6.21 Å². The Morgan fingerprint density at radius 3 is 2.54 bits per heavy atom. The summed E-state index contributed by atoms with van der Waals surface area (Å²) in [7, 11) is 0. The van der Waals surface area contributed by atoms with Crippen LogP contribution in [0.25, 0.3) is 5.69 Å². The fraction of sp³-hybridized carbons (Fsp3) is 0.368. The molecule has 0 fully saturated rings. The van der Waals surface area contributed by atoms with Crippen LogP contribution >= 0.6 is 15.9 Å². The fourth-order valence-electron chi connectivity index (χ4n) is 2.73. The van der Waals surface area contributed by atoms with Crippen LogP contribution in [0.5, 0.6) is 0 Å². The molecule has 0 saturated heterocycles. The van der Waals surface area contributed by atoms with E-state index in [1.807, 2.05) is 26.0 Å². The maximum absolute atomic E-state index is 11.7. The van der Waals surface area contributed by atoms with Crippen LogP contribution < -0.4 is 5.43 Å². The third kappa shape index (κ3) is 3.96. The van der Waals surface area contributed by atoms with Crippen molar-refractivity contribution in [3.05, 3.63) is 51.3 Å². The minimum atomic E-state index is -0.0647. The number of hydrogen-bond acceptors (Lipinski definition) is 2. The lowest BCUT2D eigenvalue weighted by Gasteiger charge is -2.12. The van der Waals surface area contributed by atoms with E-state index < -0.39 is 0 Å². The topological polar surface area (TPSA) is 46.4 Å². The predicted octanol–water partition coefficient (Wildman–Crippen LogP) is 4.66. The third-order valence-electron chi connectivity index (χ3n) is 3.95. The SMILES string of the molecule is Cc1ccccc1-n1c(C)c(Br)c(/C=N\NC(=O)CC(C)C)c1C. The maximum Gasteiger partial charge on any atom is 0.240 e. The largest absolute Gasteiger partial charge is 0.316 e. The number of hydrazone groups is 1. The van der Waals surface area contributed by atoms with Gasteiger partial charge in [0.2, 0.25) is 5.91 Å². The Balaban J connectivity index is 2.32. The highest BCUT2D eigenvalue weighted by atomic mass is 79.9. The first kappa shape index (κ1) is 18.5. The number of hydrogen-bond donors (Lipinski definition) is 1. The van der Waals surface area contributed by atoms with Crippen LogP contribution in [0.15, 0.2) is 33.8 Å². The first-order valence-corrected chi connectivity index (χ1v) is 8.87. The van der Waals surface area contributed by atoms with Gasteiger partial charge in [0, 0.05) is 33.5 Å². The van der Waals surface area contributed by atoms with E-state index in [9.17, 15) is 4.79 Å². The Bertz CT molecular complexity index is 775. The van der Waals surface area contributed by atoms with Gasteiger partial charge in [0.15, 0.2) is 0 Å². The smallest absolute Gasteiger partial charge is 0.240 e. The van der Waals surface area contributed by atoms with Gasteiger partial charge in [-0.05, 0) is 54.2 Å². The molecule has 1 amide bonds. The van der Waals surface area contributed by atoms with Gasteiger partial charge in [0.1, 0.15) is 0 Å². The van der Waals surface area contributed by atoms with Crippen molar-refractivity contribution in [1.29, 1.82) is 0 Å². The molecule has 0 aliphatic rings. The lowest BCUT2D eigenvalue weighted by atomic mass is 10.1. The van der Waals surface area contributed by atoms with Crippen LogP contribution in [0.2, 0.25) is 0 Å². The second kappa shape index (κ2) is 7.79. The average molecular weight is 390 g/mol. The molecule has 0 bridgehead atoms. The van der Waals surface area contributed by atoms with Crippen molar-refractivity contribution in [2.24, 2.45) is 11.0 Å². The van der Waals surface area contributed by atoms with Gasteiger partial charge in [-0.2, -0.15) is 5.10 Å². The van der Waals surface area contributed by atoms with Gasteiger partial charge in [-0.1, -0.05) is 32.0 Å². The molecule has 0 atom stereocenters. The van der Waals surface area contributed by atoms with Crippen LogP contribution in [-0.4, -0.2) is 16.7 Å². The van der Waals surface area contributed by atoms with Crippen molar-refractivity contribution in [3.63, 3.8) is 0 Å². The number of carbonyl (C=O) groups is 1. The number of amides is 1. The Morgan fingerprint density at radius 2 is 1.92 bits per heavy atom. The summed E-state index contributed by atoms with van der Waals surface area (Å²) in [6.45, 7) is 10.2. The van der Waals surface area contributed by atoms with Crippen LogP contribution in [-0.2, 0) is 4.79 Å². The molecular formula is C19H24BrN3O. The van der Waals surface area contributed by atoms with Crippen LogP contribution in [0, 0.1) is 26.7 Å². The number of carbonyl (C=O) groups excluding carboxylic acids is 1. The van der Waals surface area contributed by atoms with E-state index >= 15 is 0 Å². The third-order valence-corrected chi connectivity index (χ3v) is 4.95. The van der Waals surface area contributed by atoms with Gasteiger partial charge in [0.25, 0.3) is 0 Å². The summed E-state index contributed by atoms with van der Waals surface area (Å²) in [5, 5.41) is 4.12. The highest BCUT2D eigenvalue weighted by Crippen LogP contribution is 2.30. The number of halogens is 1. The van der Waals surface area contributed by atoms with Crippen LogP contribution in [0.3, 0.4) is 0 Å². The summed E-state index contributed by atoms with van der Waals surface area (Å²) in [6.07, 6.45) is 2.18. The highest BCUT2D eigenvalue weighted by molar-refractivity contribution is 9.10. The Labute approximate surface area is 152 Å².